The molecule has 0 fully saturated rings. The van der Waals surface area contributed by atoms with Gasteiger partial charge in [0.05, 0.1) is 12.6 Å². The number of nitrogen functional groups attached to an aromatic ring is 1. The molecule has 1 heterocycles. The fourth-order valence-electron chi connectivity index (χ4n) is 2.13. The van der Waals surface area contributed by atoms with Crippen molar-refractivity contribution in [3.63, 3.8) is 0 Å². The van der Waals surface area contributed by atoms with Gasteiger partial charge in [-0.3, -0.25) is 4.98 Å². The summed E-state index contributed by atoms with van der Waals surface area (Å²) < 4.78 is 5.21. The number of rotatable bonds is 3. The topological polar surface area (TPSA) is 60.2 Å². The molecule has 0 aliphatic rings. The molecule has 20 heavy (non-hydrogen) atoms. The highest BCUT2D eigenvalue weighted by atomic mass is 16.5. The summed E-state index contributed by atoms with van der Waals surface area (Å²) in [5, 5.41) is 4.41. The van der Waals surface area contributed by atoms with Crippen molar-refractivity contribution in [1.82, 2.24) is 4.98 Å². The number of pyridine rings is 1. The summed E-state index contributed by atoms with van der Waals surface area (Å²) in [5.41, 5.74) is 9.36. The summed E-state index contributed by atoms with van der Waals surface area (Å²) in [5.74, 6) is 0.731. The Hall–Kier alpha value is -2.75. The van der Waals surface area contributed by atoms with E-state index < -0.39 is 0 Å². The molecule has 0 spiro atoms. The molecule has 3 N–H and O–H groups in total. The van der Waals surface area contributed by atoms with Gasteiger partial charge in [0.25, 0.3) is 0 Å². The van der Waals surface area contributed by atoms with Crippen LogP contribution in [-0.2, 0) is 0 Å². The molecule has 0 saturated carbocycles. The number of hydrogen-bond donors (Lipinski definition) is 2. The molecule has 2 aromatic carbocycles. The Labute approximate surface area is 117 Å². The monoisotopic (exact) mass is 265 g/mol. The van der Waals surface area contributed by atoms with E-state index in [1.165, 1.54) is 0 Å². The molecule has 4 nitrogen and oxygen atoms in total. The van der Waals surface area contributed by atoms with Gasteiger partial charge in [-0.05, 0) is 30.3 Å². The molecule has 0 unspecified atom stereocenters. The Morgan fingerprint density at radius 1 is 1.05 bits per heavy atom. The molecule has 0 saturated heterocycles. The van der Waals surface area contributed by atoms with E-state index in [2.05, 4.69) is 16.4 Å². The maximum atomic E-state index is 5.85. The van der Waals surface area contributed by atoms with Crippen molar-refractivity contribution in [1.29, 1.82) is 0 Å². The van der Waals surface area contributed by atoms with Crippen LogP contribution >= 0.6 is 0 Å². The highest BCUT2D eigenvalue weighted by Gasteiger charge is 2.01. The van der Waals surface area contributed by atoms with Gasteiger partial charge in [-0.15, -0.1) is 0 Å². The van der Waals surface area contributed by atoms with E-state index in [0.717, 1.165) is 28.0 Å². The summed E-state index contributed by atoms with van der Waals surface area (Å²) in [4.78, 5) is 4.30. The lowest BCUT2D eigenvalue weighted by molar-refractivity contribution is 0.415. The van der Waals surface area contributed by atoms with E-state index >= 15 is 0 Å². The molecule has 0 radical (unpaired) electrons. The van der Waals surface area contributed by atoms with Gasteiger partial charge < -0.3 is 15.8 Å². The number of nitrogens with zero attached hydrogens (tertiary/aromatic N) is 1. The first-order chi connectivity index (χ1) is 9.74. The first-order valence-electron chi connectivity index (χ1n) is 6.31. The average Bonchev–Trinajstić information content (AvgIpc) is 2.46. The normalized spacial score (nSPS) is 10.4. The number of hydrogen-bond acceptors (Lipinski definition) is 4. The SMILES string of the molecule is COc1cc(N)cc(Nc2ccc3ncccc3c2)c1. The zero-order chi connectivity index (χ0) is 13.9. The number of methoxy groups -OCH3 is 1. The summed E-state index contributed by atoms with van der Waals surface area (Å²) in [6, 6.07) is 15.6. The number of nitrogens with two attached hydrogens (primary N) is 1. The zero-order valence-electron chi connectivity index (χ0n) is 11.1. The van der Waals surface area contributed by atoms with Crippen molar-refractivity contribution in [2.75, 3.05) is 18.2 Å². The second kappa shape index (κ2) is 5.09. The average molecular weight is 265 g/mol. The van der Waals surface area contributed by atoms with Gasteiger partial charge in [0.2, 0.25) is 0 Å². The summed E-state index contributed by atoms with van der Waals surface area (Å²) >= 11 is 0. The fourth-order valence-corrected chi connectivity index (χ4v) is 2.13. The van der Waals surface area contributed by atoms with E-state index in [4.69, 9.17) is 10.5 Å². The second-order valence-corrected chi connectivity index (χ2v) is 4.53. The van der Waals surface area contributed by atoms with Crippen molar-refractivity contribution in [2.45, 2.75) is 0 Å². The third-order valence-corrected chi connectivity index (χ3v) is 3.06. The number of aromatic nitrogens is 1. The number of fused-ring (bicyclic) bond motifs is 1. The molecule has 0 atom stereocenters. The van der Waals surface area contributed by atoms with Crippen LogP contribution in [0.5, 0.6) is 5.75 Å². The van der Waals surface area contributed by atoms with Crippen molar-refractivity contribution >= 4 is 28.0 Å². The van der Waals surface area contributed by atoms with Gasteiger partial charge in [-0.2, -0.15) is 0 Å². The van der Waals surface area contributed by atoms with E-state index in [0.29, 0.717) is 5.69 Å². The van der Waals surface area contributed by atoms with Crippen molar-refractivity contribution in [3.05, 3.63) is 54.7 Å². The van der Waals surface area contributed by atoms with Crippen molar-refractivity contribution < 1.29 is 4.74 Å². The highest BCUT2D eigenvalue weighted by molar-refractivity contribution is 5.83. The van der Waals surface area contributed by atoms with Crippen molar-refractivity contribution in [3.8, 4) is 5.75 Å². The van der Waals surface area contributed by atoms with Crippen LogP contribution in [0.2, 0.25) is 0 Å². The minimum Gasteiger partial charge on any atom is -0.497 e. The van der Waals surface area contributed by atoms with Crippen molar-refractivity contribution in [2.24, 2.45) is 0 Å². The summed E-state index contributed by atoms with van der Waals surface area (Å²) in [6.45, 7) is 0. The third kappa shape index (κ3) is 2.49. The first kappa shape index (κ1) is 12.3. The van der Waals surface area contributed by atoms with Crippen LogP contribution in [0, 0.1) is 0 Å². The van der Waals surface area contributed by atoms with Crippen LogP contribution in [-0.4, -0.2) is 12.1 Å². The summed E-state index contributed by atoms with van der Waals surface area (Å²) in [6.07, 6.45) is 1.79. The molecule has 3 rings (SSSR count). The maximum Gasteiger partial charge on any atom is 0.122 e. The van der Waals surface area contributed by atoms with E-state index in [9.17, 15) is 0 Å². The maximum absolute atomic E-state index is 5.85. The lowest BCUT2D eigenvalue weighted by atomic mass is 10.2. The number of nitrogens with one attached hydrogen (secondary N) is 1. The Balaban J connectivity index is 1.94. The minimum absolute atomic E-state index is 0.661. The van der Waals surface area contributed by atoms with Gasteiger partial charge in [-0.1, -0.05) is 6.07 Å². The molecule has 0 aliphatic heterocycles. The lowest BCUT2D eigenvalue weighted by Gasteiger charge is -2.10. The molecule has 4 heteroatoms. The van der Waals surface area contributed by atoms with Crippen LogP contribution < -0.4 is 15.8 Å². The Kier molecular flexibility index (Phi) is 3.13. The zero-order valence-corrected chi connectivity index (χ0v) is 11.1. The molecule has 0 amide bonds. The molecule has 0 bridgehead atoms. The highest BCUT2D eigenvalue weighted by Crippen LogP contribution is 2.26. The Bertz CT molecular complexity index is 756. The molecule has 1 aromatic heterocycles. The quantitative estimate of drug-likeness (QED) is 0.711. The van der Waals surface area contributed by atoms with E-state index in [1.807, 2.05) is 36.4 Å². The molecular weight excluding hydrogens is 250 g/mol. The van der Waals surface area contributed by atoms with Crippen LogP contribution in [0.3, 0.4) is 0 Å². The predicted molar refractivity (Wildman–Crippen MR) is 82.4 cm³/mol. The smallest absolute Gasteiger partial charge is 0.122 e. The fraction of sp³-hybridized carbons (Fsp3) is 0.0625. The Morgan fingerprint density at radius 3 is 2.80 bits per heavy atom. The predicted octanol–water partition coefficient (Wildman–Crippen LogP) is 3.57. The number of ether oxygens (including phenoxy) is 1. The van der Waals surface area contributed by atoms with Crippen LogP contribution in [0.4, 0.5) is 17.1 Å². The number of anilines is 3. The largest absolute Gasteiger partial charge is 0.497 e. The molecule has 0 aliphatic carbocycles. The Morgan fingerprint density at radius 2 is 1.95 bits per heavy atom. The number of benzene rings is 2. The van der Waals surface area contributed by atoms with Gasteiger partial charge in [0, 0.05) is 40.8 Å². The van der Waals surface area contributed by atoms with Crippen LogP contribution in [0.15, 0.2) is 54.7 Å². The van der Waals surface area contributed by atoms with Gasteiger partial charge >= 0.3 is 0 Å². The standard InChI is InChI=1S/C16H15N3O/c1-20-15-9-12(17)8-14(10-15)19-13-4-5-16-11(7-13)3-2-6-18-16/h2-10,19H,17H2,1H3. The minimum atomic E-state index is 0.661. The van der Waals surface area contributed by atoms with Crippen LogP contribution in [0.25, 0.3) is 10.9 Å². The van der Waals surface area contributed by atoms with Gasteiger partial charge in [0.1, 0.15) is 5.75 Å². The molecular formula is C16H15N3O. The van der Waals surface area contributed by atoms with E-state index in [-0.39, 0.29) is 0 Å². The molecule has 3 aromatic rings. The third-order valence-electron chi connectivity index (χ3n) is 3.06. The van der Waals surface area contributed by atoms with E-state index in [1.54, 1.807) is 19.4 Å². The second-order valence-electron chi connectivity index (χ2n) is 4.53. The first-order valence-corrected chi connectivity index (χ1v) is 6.31. The van der Waals surface area contributed by atoms with Crippen LogP contribution in [0.1, 0.15) is 0 Å². The molecule has 100 valence electrons. The lowest BCUT2D eigenvalue weighted by Crippen LogP contribution is -1.94. The summed E-state index contributed by atoms with van der Waals surface area (Å²) in [7, 11) is 1.63. The van der Waals surface area contributed by atoms with Gasteiger partial charge in [0.15, 0.2) is 0 Å². The van der Waals surface area contributed by atoms with Gasteiger partial charge in [-0.25, -0.2) is 0 Å².